The zero-order valence-electron chi connectivity index (χ0n) is 8.37. The summed E-state index contributed by atoms with van der Waals surface area (Å²) in [5.41, 5.74) is 0. The van der Waals surface area contributed by atoms with Gasteiger partial charge in [-0.25, -0.2) is 8.42 Å². The highest BCUT2D eigenvalue weighted by atomic mass is 79.9. The number of nitrogens with zero attached hydrogens (tertiary/aromatic N) is 1. The first-order valence-electron chi connectivity index (χ1n) is 4.33. The van der Waals surface area contributed by atoms with Gasteiger partial charge in [0, 0.05) is 16.9 Å². The largest absolute Gasteiger partial charge is 0.480 e. The highest BCUT2D eigenvalue weighted by Gasteiger charge is 2.24. The lowest BCUT2D eigenvalue weighted by Crippen LogP contribution is -2.43. The molecule has 0 spiro atoms. The number of aromatic nitrogens is 1. The van der Waals surface area contributed by atoms with Crippen molar-refractivity contribution in [1.29, 1.82) is 0 Å². The average Bonchev–Trinajstić information content (AvgIpc) is 2.25. The lowest BCUT2D eigenvalue weighted by Gasteiger charge is -2.11. The van der Waals surface area contributed by atoms with Crippen LogP contribution in [0.5, 0.6) is 0 Å². The fourth-order valence-electron chi connectivity index (χ4n) is 0.960. The van der Waals surface area contributed by atoms with Gasteiger partial charge in [-0.15, -0.1) is 0 Å². The second-order valence-electron chi connectivity index (χ2n) is 3.03. The van der Waals surface area contributed by atoms with Gasteiger partial charge in [-0.3, -0.25) is 9.78 Å². The van der Waals surface area contributed by atoms with Crippen LogP contribution in [0.25, 0.3) is 0 Å². The first kappa shape index (κ1) is 14.0. The number of hydrogen-bond donors (Lipinski definition) is 3. The molecule has 0 saturated carbocycles. The SMILES string of the molecule is O=C(O)[C@H](CO)NS(=O)(=O)c1cncc(Br)c1. The van der Waals surface area contributed by atoms with Gasteiger partial charge in [-0.2, -0.15) is 4.72 Å². The number of aliphatic hydroxyl groups is 1. The quantitative estimate of drug-likeness (QED) is 0.676. The summed E-state index contributed by atoms with van der Waals surface area (Å²) >= 11 is 3.05. The third-order valence-corrected chi connectivity index (χ3v) is 3.64. The topological polar surface area (TPSA) is 117 Å². The maximum Gasteiger partial charge on any atom is 0.324 e. The van der Waals surface area contributed by atoms with Crippen LogP contribution in [0.3, 0.4) is 0 Å². The van der Waals surface area contributed by atoms with Crippen LogP contribution in [-0.4, -0.2) is 42.2 Å². The average molecular weight is 325 g/mol. The van der Waals surface area contributed by atoms with E-state index in [0.717, 1.165) is 6.20 Å². The van der Waals surface area contributed by atoms with E-state index in [1.807, 2.05) is 4.72 Å². The van der Waals surface area contributed by atoms with E-state index in [1.54, 1.807) is 0 Å². The summed E-state index contributed by atoms with van der Waals surface area (Å²) in [5.74, 6) is -1.46. The summed E-state index contributed by atoms with van der Waals surface area (Å²) in [5, 5.41) is 17.4. The van der Waals surface area contributed by atoms with E-state index in [4.69, 9.17) is 10.2 Å². The second kappa shape index (κ2) is 5.54. The predicted molar refractivity (Wildman–Crippen MR) is 60.8 cm³/mol. The van der Waals surface area contributed by atoms with Crippen molar-refractivity contribution in [3.63, 3.8) is 0 Å². The van der Waals surface area contributed by atoms with E-state index in [9.17, 15) is 13.2 Å². The van der Waals surface area contributed by atoms with Crippen LogP contribution < -0.4 is 4.72 Å². The fraction of sp³-hybridized carbons (Fsp3) is 0.250. The molecule has 0 radical (unpaired) electrons. The molecule has 94 valence electrons. The summed E-state index contributed by atoms with van der Waals surface area (Å²) in [4.78, 5) is 14.1. The lowest BCUT2D eigenvalue weighted by molar-refractivity contribution is -0.139. The van der Waals surface area contributed by atoms with Crippen LogP contribution in [0.4, 0.5) is 0 Å². The zero-order chi connectivity index (χ0) is 13.1. The first-order valence-corrected chi connectivity index (χ1v) is 6.61. The minimum Gasteiger partial charge on any atom is -0.480 e. The molecule has 7 nitrogen and oxygen atoms in total. The molecule has 0 fully saturated rings. The Hall–Kier alpha value is -1.03. The highest BCUT2D eigenvalue weighted by molar-refractivity contribution is 9.10. The molecule has 1 rings (SSSR count). The summed E-state index contributed by atoms with van der Waals surface area (Å²) in [6.45, 7) is -0.837. The Morgan fingerprint density at radius 3 is 2.65 bits per heavy atom. The van der Waals surface area contributed by atoms with Gasteiger partial charge in [0.2, 0.25) is 10.0 Å². The number of hydrogen-bond acceptors (Lipinski definition) is 5. The van der Waals surface area contributed by atoms with Crippen LogP contribution >= 0.6 is 15.9 Å². The van der Waals surface area contributed by atoms with Crippen LogP contribution in [0.2, 0.25) is 0 Å². The number of carboxylic acids is 1. The molecule has 0 aliphatic heterocycles. The number of pyridine rings is 1. The summed E-state index contributed by atoms with van der Waals surface area (Å²) in [6, 6.07) is -0.315. The van der Waals surface area contributed by atoms with E-state index in [1.165, 1.54) is 12.3 Å². The van der Waals surface area contributed by atoms with Gasteiger partial charge in [-0.05, 0) is 22.0 Å². The van der Waals surface area contributed by atoms with Gasteiger partial charge in [0.1, 0.15) is 10.9 Å². The van der Waals surface area contributed by atoms with Gasteiger partial charge >= 0.3 is 5.97 Å². The van der Waals surface area contributed by atoms with Crippen molar-refractivity contribution >= 4 is 31.9 Å². The molecule has 0 aliphatic carbocycles. The number of aliphatic hydroxyl groups excluding tert-OH is 1. The van der Waals surface area contributed by atoms with Gasteiger partial charge in [0.05, 0.1) is 6.61 Å². The molecule has 1 atom stereocenters. The summed E-state index contributed by atoms with van der Waals surface area (Å²) in [6.07, 6.45) is 2.46. The lowest BCUT2D eigenvalue weighted by atomic mass is 10.3. The van der Waals surface area contributed by atoms with Crippen molar-refractivity contribution in [2.45, 2.75) is 10.9 Å². The molecule has 9 heteroatoms. The molecule has 0 bridgehead atoms. The van der Waals surface area contributed by atoms with Crippen LogP contribution in [0.15, 0.2) is 27.8 Å². The summed E-state index contributed by atoms with van der Waals surface area (Å²) in [7, 11) is -4.02. The Morgan fingerprint density at radius 1 is 1.53 bits per heavy atom. The number of nitrogens with one attached hydrogen (secondary N) is 1. The van der Waals surface area contributed by atoms with E-state index in [2.05, 4.69) is 20.9 Å². The zero-order valence-corrected chi connectivity index (χ0v) is 10.8. The molecule has 1 aromatic rings. The number of sulfonamides is 1. The highest BCUT2D eigenvalue weighted by Crippen LogP contribution is 2.14. The number of carbonyl (C=O) groups is 1. The Labute approximate surface area is 106 Å². The molecule has 1 aromatic heterocycles. The van der Waals surface area contributed by atoms with Gasteiger partial charge in [0.15, 0.2) is 0 Å². The number of halogens is 1. The Balaban J connectivity index is 3.00. The molecular formula is C8H9BrN2O5S. The molecule has 0 saturated heterocycles. The van der Waals surface area contributed by atoms with E-state index < -0.39 is 28.6 Å². The van der Waals surface area contributed by atoms with Crippen LogP contribution in [0.1, 0.15) is 0 Å². The molecule has 0 aromatic carbocycles. The van der Waals surface area contributed by atoms with Crippen molar-refractivity contribution < 1.29 is 23.4 Å². The smallest absolute Gasteiger partial charge is 0.324 e. The van der Waals surface area contributed by atoms with Crippen molar-refractivity contribution in [2.24, 2.45) is 0 Å². The van der Waals surface area contributed by atoms with E-state index >= 15 is 0 Å². The molecule has 3 N–H and O–H groups in total. The van der Waals surface area contributed by atoms with Crippen molar-refractivity contribution in [2.75, 3.05) is 6.61 Å². The maximum absolute atomic E-state index is 11.7. The minimum absolute atomic E-state index is 0.188. The summed E-state index contributed by atoms with van der Waals surface area (Å²) < 4.78 is 25.7. The fourth-order valence-corrected chi connectivity index (χ4v) is 2.64. The van der Waals surface area contributed by atoms with Gasteiger partial charge in [-0.1, -0.05) is 0 Å². The minimum atomic E-state index is -4.02. The third kappa shape index (κ3) is 3.73. The first-order chi connectivity index (χ1) is 7.86. The normalized spacial score (nSPS) is 13.3. The molecule has 0 unspecified atom stereocenters. The van der Waals surface area contributed by atoms with Crippen molar-refractivity contribution in [1.82, 2.24) is 9.71 Å². The van der Waals surface area contributed by atoms with Crippen LogP contribution in [-0.2, 0) is 14.8 Å². The Bertz CT molecular complexity index is 518. The standard InChI is InChI=1S/C8H9BrN2O5S/c9-5-1-6(3-10-2-5)17(15,16)11-7(4-12)8(13)14/h1-3,7,11-12H,4H2,(H,13,14)/t7-/m0/s1. The van der Waals surface area contributed by atoms with E-state index in [0.29, 0.717) is 4.47 Å². The van der Waals surface area contributed by atoms with Crippen LogP contribution in [0, 0.1) is 0 Å². The van der Waals surface area contributed by atoms with Gasteiger partial charge in [0.25, 0.3) is 0 Å². The monoisotopic (exact) mass is 324 g/mol. The third-order valence-electron chi connectivity index (χ3n) is 1.77. The predicted octanol–water partition coefficient (Wildman–Crippen LogP) is -0.432. The Morgan fingerprint density at radius 2 is 2.18 bits per heavy atom. The number of carboxylic acid groups (broad SMARTS) is 1. The van der Waals surface area contributed by atoms with Gasteiger partial charge < -0.3 is 10.2 Å². The molecule has 1 heterocycles. The Kier molecular flexibility index (Phi) is 4.57. The van der Waals surface area contributed by atoms with E-state index in [-0.39, 0.29) is 4.90 Å². The molecule has 17 heavy (non-hydrogen) atoms. The van der Waals surface area contributed by atoms with Crippen molar-refractivity contribution in [3.05, 3.63) is 22.9 Å². The molecule has 0 amide bonds. The maximum atomic E-state index is 11.7. The van der Waals surface area contributed by atoms with Crippen molar-refractivity contribution in [3.8, 4) is 0 Å². The number of aliphatic carboxylic acids is 1. The molecule has 0 aliphatic rings. The second-order valence-corrected chi connectivity index (χ2v) is 5.66. The number of rotatable bonds is 5. The molecular weight excluding hydrogens is 316 g/mol.